The summed E-state index contributed by atoms with van der Waals surface area (Å²) in [6, 6.07) is 27.3. The van der Waals surface area contributed by atoms with Crippen LogP contribution in [0.4, 0.5) is 0 Å². The maximum absolute atomic E-state index is 14.2. The number of likely N-dealkylation sites (tertiary alicyclic amines) is 2. The SMILES string of the molecule is O=C1[C@@H]2[C@@H](CC(CO)=C3[C@@H](CC/C(=C/c4cccc(O)c4)c4ccccc4)OB(O)C[C@@H]32)C(=O)N1C1CCN(Cc2ccccc2)CC1. The number of hydrogen-bond donors (Lipinski definition) is 3. The molecular weight excluding hydrogens is 603 g/mol. The second kappa shape index (κ2) is 14.2. The number of amides is 2. The van der Waals surface area contributed by atoms with E-state index < -0.39 is 25.1 Å². The number of aliphatic hydroxyl groups excluding tert-OH is 1. The molecule has 2 amide bonds. The van der Waals surface area contributed by atoms with Crippen LogP contribution in [0.1, 0.15) is 48.8 Å². The summed E-state index contributed by atoms with van der Waals surface area (Å²) in [5.41, 5.74) is 5.84. The molecule has 0 bridgehead atoms. The monoisotopic (exact) mass is 646 g/mol. The van der Waals surface area contributed by atoms with Crippen molar-refractivity contribution in [1.29, 1.82) is 0 Å². The Morgan fingerprint density at radius 3 is 2.35 bits per heavy atom. The topological polar surface area (TPSA) is 111 Å². The number of rotatable bonds is 9. The fraction of sp³-hybridized carbons (Fsp3) is 0.385. The molecule has 0 radical (unpaired) electrons. The molecule has 1 aliphatic carbocycles. The lowest BCUT2D eigenvalue weighted by atomic mass is 9.58. The number of carbonyl (C=O) groups excluding carboxylic acids is 2. The zero-order valence-electron chi connectivity index (χ0n) is 27.2. The van der Waals surface area contributed by atoms with Crippen LogP contribution >= 0.6 is 0 Å². The van der Waals surface area contributed by atoms with Crippen LogP contribution < -0.4 is 0 Å². The summed E-state index contributed by atoms with van der Waals surface area (Å²) in [5.74, 6) is -1.51. The van der Waals surface area contributed by atoms with E-state index in [1.807, 2.05) is 66.7 Å². The number of nitrogens with zero attached hydrogens (tertiary/aromatic N) is 2. The first-order chi connectivity index (χ1) is 23.4. The fourth-order valence-electron chi connectivity index (χ4n) is 8.53. The molecule has 3 fully saturated rings. The molecular formula is C39H43BN2O6. The van der Waals surface area contributed by atoms with Gasteiger partial charge in [0.25, 0.3) is 0 Å². The largest absolute Gasteiger partial charge is 0.508 e. The molecule has 4 atom stereocenters. The Balaban J connectivity index is 1.10. The summed E-state index contributed by atoms with van der Waals surface area (Å²) in [5, 5.41) is 31.7. The van der Waals surface area contributed by atoms with Crippen LogP contribution in [0.15, 0.2) is 96.1 Å². The molecule has 3 aliphatic heterocycles. The highest BCUT2D eigenvalue weighted by molar-refractivity contribution is 6.43. The van der Waals surface area contributed by atoms with Crippen molar-refractivity contribution in [3.63, 3.8) is 0 Å². The van der Waals surface area contributed by atoms with Gasteiger partial charge >= 0.3 is 7.12 Å². The maximum Gasteiger partial charge on any atom is 0.455 e. The molecule has 0 aromatic heterocycles. The summed E-state index contributed by atoms with van der Waals surface area (Å²) in [6.07, 6.45) is 4.71. The lowest BCUT2D eigenvalue weighted by Gasteiger charge is -2.43. The standard InChI is InChI=1S/C39H43BN2O6/c43-25-30-22-33-37(39(46)42(38(33)45)31-16-18-41(19-17-31)24-26-8-3-1-4-9-26)34-23-40(47)48-35(36(30)34)15-14-29(28-11-5-2-6-12-28)20-27-10-7-13-32(44)21-27/h1-13,20-21,31,33-35,37,43-44,47H,14-19,22-25H2/b29-20-/t33-,34+,35-,37-/m1/s1. The number of carbonyl (C=O) groups is 2. The van der Waals surface area contributed by atoms with Crippen molar-refractivity contribution < 1.29 is 29.5 Å². The van der Waals surface area contributed by atoms with Crippen molar-refractivity contribution >= 4 is 30.6 Å². The van der Waals surface area contributed by atoms with Crippen LogP contribution in [0.5, 0.6) is 5.75 Å². The highest BCUT2D eigenvalue weighted by Gasteiger charge is 2.58. The molecule has 3 N–H and O–H groups in total. The summed E-state index contributed by atoms with van der Waals surface area (Å²) >= 11 is 0. The molecule has 0 unspecified atom stereocenters. The number of hydrogen-bond acceptors (Lipinski definition) is 7. The Bertz CT molecular complexity index is 1690. The second-order valence-electron chi connectivity index (χ2n) is 13.7. The van der Waals surface area contributed by atoms with Crippen molar-refractivity contribution in [2.24, 2.45) is 17.8 Å². The van der Waals surface area contributed by atoms with E-state index in [9.17, 15) is 24.8 Å². The average Bonchev–Trinajstić information content (AvgIpc) is 3.36. The number of fused-ring (bicyclic) bond motifs is 3. The van der Waals surface area contributed by atoms with Crippen LogP contribution in [-0.4, -0.2) is 75.8 Å². The van der Waals surface area contributed by atoms with E-state index in [0.717, 1.165) is 60.3 Å². The number of aromatic hydroxyl groups is 1. The first-order valence-electron chi connectivity index (χ1n) is 17.2. The van der Waals surface area contributed by atoms with Crippen molar-refractivity contribution in [2.45, 2.75) is 57.1 Å². The molecule has 48 heavy (non-hydrogen) atoms. The van der Waals surface area contributed by atoms with Crippen LogP contribution in [0.3, 0.4) is 0 Å². The van der Waals surface area contributed by atoms with Gasteiger partial charge < -0.3 is 19.9 Å². The van der Waals surface area contributed by atoms with Gasteiger partial charge in [0, 0.05) is 25.7 Å². The third-order valence-corrected chi connectivity index (χ3v) is 10.7. The number of phenolic OH excluding ortho intramolecular Hbond substituents is 1. The van der Waals surface area contributed by atoms with E-state index in [-0.39, 0.29) is 42.5 Å². The molecule has 3 heterocycles. The molecule has 248 valence electrons. The van der Waals surface area contributed by atoms with Gasteiger partial charge in [-0.15, -0.1) is 0 Å². The van der Waals surface area contributed by atoms with Gasteiger partial charge in [0.2, 0.25) is 11.8 Å². The highest BCUT2D eigenvalue weighted by atomic mass is 16.5. The van der Waals surface area contributed by atoms with Crippen LogP contribution in [-0.2, 0) is 20.8 Å². The minimum absolute atomic E-state index is 0.130. The second-order valence-corrected chi connectivity index (χ2v) is 13.7. The number of allylic oxidation sites excluding steroid dienone is 1. The molecule has 4 aliphatic rings. The van der Waals surface area contributed by atoms with Gasteiger partial charge in [0.1, 0.15) is 5.75 Å². The van der Waals surface area contributed by atoms with E-state index in [4.69, 9.17) is 4.65 Å². The summed E-state index contributed by atoms with van der Waals surface area (Å²) in [6.45, 7) is 2.27. The van der Waals surface area contributed by atoms with E-state index >= 15 is 0 Å². The summed E-state index contributed by atoms with van der Waals surface area (Å²) in [7, 11) is -1.07. The predicted molar refractivity (Wildman–Crippen MR) is 185 cm³/mol. The normalized spacial score (nSPS) is 25.4. The lowest BCUT2D eigenvalue weighted by Crippen LogP contribution is -2.48. The van der Waals surface area contributed by atoms with E-state index in [1.165, 1.54) is 5.56 Å². The van der Waals surface area contributed by atoms with Crippen LogP contribution in [0.25, 0.3) is 11.6 Å². The number of benzene rings is 3. The summed E-state index contributed by atoms with van der Waals surface area (Å²) < 4.78 is 6.16. The minimum atomic E-state index is -1.07. The number of aliphatic hydroxyl groups is 1. The van der Waals surface area contributed by atoms with Gasteiger partial charge in [-0.05, 0) is 89.9 Å². The van der Waals surface area contributed by atoms with Crippen LogP contribution in [0.2, 0.25) is 6.32 Å². The molecule has 9 heteroatoms. The zero-order chi connectivity index (χ0) is 33.2. The fourth-order valence-corrected chi connectivity index (χ4v) is 8.53. The predicted octanol–water partition coefficient (Wildman–Crippen LogP) is 5.17. The molecule has 3 aromatic carbocycles. The van der Waals surface area contributed by atoms with Crippen molar-refractivity contribution in [3.05, 3.63) is 113 Å². The Morgan fingerprint density at radius 2 is 1.65 bits per heavy atom. The molecule has 0 saturated carbocycles. The van der Waals surface area contributed by atoms with Gasteiger partial charge in [-0.1, -0.05) is 78.9 Å². The molecule has 7 rings (SSSR count). The quantitative estimate of drug-likeness (QED) is 0.127. The minimum Gasteiger partial charge on any atom is -0.508 e. The van der Waals surface area contributed by atoms with Gasteiger partial charge in [-0.25, -0.2) is 0 Å². The lowest BCUT2D eigenvalue weighted by molar-refractivity contribution is -0.144. The maximum atomic E-state index is 14.2. The number of imide groups is 1. The zero-order valence-corrected chi connectivity index (χ0v) is 27.2. The van der Waals surface area contributed by atoms with Crippen molar-refractivity contribution in [2.75, 3.05) is 19.7 Å². The van der Waals surface area contributed by atoms with Crippen molar-refractivity contribution in [3.8, 4) is 5.75 Å². The Labute approximate surface area is 282 Å². The van der Waals surface area contributed by atoms with E-state index in [1.54, 1.807) is 17.0 Å². The molecule has 0 spiro atoms. The third kappa shape index (κ3) is 6.65. The van der Waals surface area contributed by atoms with Gasteiger partial charge in [0.15, 0.2) is 0 Å². The highest BCUT2D eigenvalue weighted by Crippen LogP contribution is 2.51. The van der Waals surface area contributed by atoms with Crippen molar-refractivity contribution in [1.82, 2.24) is 9.80 Å². The summed E-state index contributed by atoms with van der Waals surface area (Å²) in [4.78, 5) is 32.1. The molecule has 3 saturated heterocycles. The molecule has 3 aromatic rings. The van der Waals surface area contributed by atoms with Gasteiger partial charge in [0.05, 0.1) is 24.5 Å². The Hall–Kier alpha value is -4.02. The Morgan fingerprint density at radius 1 is 0.917 bits per heavy atom. The smallest absolute Gasteiger partial charge is 0.455 e. The Kier molecular flexibility index (Phi) is 9.64. The van der Waals surface area contributed by atoms with Gasteiger partial charge in [-0.2, -0.15) is 0 Å². The van der Waals surface area contributed by atoms with Crippen LogP contribution in [0, 0.1) is 17.8 Å². The number of phenols is 1. The first-order valence-corrected chi connectivity index (χ1v) is 17.2. The van der Waals surface area contributed by atoms with Gasteiger partial charge in [-0.3, -0.25) is 19.4 Å². The third-order valence-electron chi connectivity index (χ3n) is 10.7. The average molecular weight is 647 g/mol. The molecule has 8 nitrogen and oxygen atoms in total. The van der Waals surface area contributed by atoms with E-state index in [2.05, 4.69) is 17.0 Å². The first kappa shape index (κ1) is 32.5. The number of piperidine rings is 1. The van der Waals surface area contributed by atoms with E-state index in [0.29, 0.717) is 19.3 Å².